The third kappa shape index (κ3) is 3.88. The van der Waals surface area contributed by atoms with Gasteiger partial charge in [0.25, 0.3) is 5.91 Å². The molecule has 1 amide bonds. The quantitative estimate of drug-likeness (QED) is 0.833. The van der Waals surface area contributed by atoms with Gasteiger partial charge in [-0.15, -0.1) is 0 Å². The molecule has 0 fully saturated rings. The lowest BCUT2D eigenvalue weighted by Gasteiger charge is -2.02. The van der Waals surface area contributed by atoms with Gasteiger partial charge in [0.15, 0.2) is 0 Å². The Bertz CT molecular complexity index is 728. The molecule has 23 heavy (non-hydrogen) atoms. The van der Waals surface area contributed by atoms with Gasteiger partial charge in [-0.25, -0.2) is 4.99 Å². The van der Waals surface area contributed by atoms with Crippen molar-refractivity contribution in [1.29, 1.82) is 0 Å². The Balaban J connectivity index is 1.67. The van der Waals surface area contributed by atoms with Gasteiger partial charge in [-0.3, -0.25) is 4.79 Å². The van der Waals surface area contributed by atoms with Crippen molar-refractivity contribution in [2.45, 2.75) is 19.8 Å². The number of amidine groups is 1. The number of carbonyl (C=O) groups excluding carboxylic acids is 1. The second-order valence-corrected chi connectivity index (χ2v) is 5.12. The van der Waals surface area contributed by atoms with Crippen molar-refractivity contribution < 1.29 is 13.9 Å². The number of carbonyl (C=O) groups is 1. The fourth-order valence-corrected chi connectivity index (χ4v) is 2.32. The van der Waals surface area contributed by atoms with Crippen LogP contribution >= 0.6 is 0 Å². The maximum Gasteiger partial charge on any atom is 0.275 e. The summed E-state index contributed by atoms with van der Waals surface area (Å²) in [7, 11) is 0. The van der Waals surface area contributed by atoms with Crippen LogP contribution in [0.15, 0.2) is 57.8 Å². The van der Waals surface area contributed by atoms with Crippen LogP contribution in [0.2, 0.25) is 0 Å². The zero-order valence-electron chi connectivity index (χ0n) is 12.9. The van der Waals surface area contributed by atoms with Gasteiger partial charge < -0.3 is 14.5 Å². The summed E-state index contributed by atoms with van der Waals surface area (Å²) in [6.07, 6.45) is 4.76. The Morgan fingerprint density at radius 2 is 2.04 bits per heavy atom. The number of amides is 1. The van der Waals surface area contributed by atoms with E-state index in [0.717, 1.165) is 17.1 Å². The minimum Gasteiger partial charge on any atom is -0.494 e. The standard InChI is InChI=1S/C18H18N2O3/c1-2-22-15-7-5-13(6-8-15)12-16-18(21)20-17(19-16)10-9-14-4-3-11-23-14/h3-8,11-12H,2,9-10H2,1H3,(H,19,20,21)/b16-12+. The molecule has 0 spiro atoms. The second kappa shape index (κ2) is 6.96. The molecule has 2 aromatic rings. The summed E-state index contributed by atoms with van der Waals surface area (Å²) >= 11 is 0. The van der Waals surface area contributed by atoms with Crippen LogP contribution in [0.25, 0.3) is 6.08 Å². The molecule has 5 heteroatoms. The Labute approximate surface area is 134 Å². The van der Waals surface area contributed by atoms with Gasteiger partial charge in [0.1, 0.15) is 23.0 Å². The molecule has 2 heterocycles. The highest BCUT2D eigenvalue weighted by atomic mass is 16.5. The van der Waals surface area contributed by atoms with E-state index in [1.807, 2.05) is 43.3 Å². The zero-order chi connectivity index (χ0) is 16.1. The van der Waals surface area contributed by atoms with Gasteiger partial charge in [-0.1, -0.05) is 12.1 Å². The van der Waals surface area contributed by atoms with Crippen LogP contribution in [0.1, 0.15) is 24.7 Å². The monoisotopic (exact) mass is 310 g/mol. The van der Waals surface area contributed by atoms with Gasteiger partial charge in [0.2, 0.25) is 0 Å². The summed E-state index contributed by atoms with van der Waals surface area (Å²) in [5.41, 5.74) is 1.33. The Kier molecular flexibility index (Phi) is 4.57. The van der Waals surface area contributed by atoms with Crippen molar-refractivity contribution in [1.82, 2.24) is 5.32 Å². The average molecular weight is 310 g/mol. The summed E-state index contributed by atoms with van der Waals surface area (Å²) in [6.45, 7) is 2.57. The van der Waals surface area contributed by atoms with Crippen molar-refractivity contribution in [2.24, 2.45) is 4.99 Å². The van der Waals surface area contributed by atoms with E-state index in [0.29, 0.717) is 31.0 Å². The van der Waals surface area contributed by atoms with Crippen LogP contribution in [0.5, 0.6) is 5.75 Å². The Hall–Kier alpha value is -2.82. The number of rotatable bonds is 6. The van der Waals surface area contributed by atoms with Gasteiger partial charge in [-0.05, 0) is 42.8 Å². The maximum atomic E-state index is 12.0. The van der Waals surface area contributed by atoms with Gasteiger partial charge in [0.05, 0.1) is 12.9 Å². The first-order chi connectivity index (χ1) is 11.2. The second-order valence-electron chi connectivity index (χ2n) is 5.12. The van der Waals surface area contributed by atoms with Crippen LogP contribution in [-0.2, 0) is 11.2 Å². The average Bonchev–Trinajstić information content (AvgIpc) is 3.18. The maximum absolute atomic E-state index is 12.0. The molecule has 0 saturated heterocycles. The highest BCUT2D eigenvalue weighted by molar-refractivity contribution is 6.14. The van der Waals surface area contributed by atoms with E-state index in [9.17, 15) is 4.79 Å². The first-order valence-electron chi connectivity index (χ1n) is 7.60. The number of aliphatic imine (C=N–C) groups is 1. The van der Waals surface area contributed by atoms with Crippen LogP contribution in [0, 0.1) is 0 Å². The number of benzene rings is 1. The third-order valence-electron chi connectivity index (χ3n) is 3.43. The third-order valence-corrected chi connectivity index (χ3v) is 3.43. The number of furan rings is 1. The highest BCUT2D eigenvalue weighted by Gasteiger charge is 2.19. The number of ether oxygens (including phenoxy) is 1. The van der Waals surface area contributed by atoms with Crippen LogP contribution in [0.4, 0.5) is 0 Å². The van der Waals surface area contributed by atoms with Crippen molar-refractivity contribution in [2.75, 3.05) is 6.61 Å². The van der Waals surface area contributed by atoms with E-state index in [1.165, 1.54) is 0 Å². The molecule has 0 aliphatic carbocycles. The normalized spacial score (nSPS) is 15.6. The summed E-state index contributed by atoms with van der Waals surface area (Å²) in [6, 6.07) is 11.3. The number of nitrogens with zero attached hydrogens (tertiary/aromatic N) is 1. The molecule has 1 N–H and O–H groups in total. The molecule has 118 valence electrons. The van der Waals surface area contributed by atoms with Crippen molar-refractivity contribution in [3.8, 4) is 5.75 Å². The first kappa shape index (κ1) is 15.1. The molecule has 1 aromatic heterocycles. The first-order valence-corrected chi connectivity index (χ1v) is 7.60. The van der Waals surface area contributed by atoms with Gasteiger partial charge in [0, 0.05) is 12.8 Å². The minimum atomic E-state index is -0.173. The SMILES string of the molecule is CCOc1ccc(/C=C2/N=C(CCc3ccco3)NC2=O)cc1. The largest absolute Gasteiger partial charge is 0.494 e. The minimum absolute atomic E-state index is 0.173. The lowest BCUT2D eigenvalue weighted by atomic mass is 10.2. The summed E-state index contributed by atoms with van der Waals surface area (Å²) in [4.78, 5) is 16.3. The summed E-state index contributed by atoms with van der Waals surface area (Å²) < 4.78 is 10.7. The molecule has 0 atom stereocenters. The number of aryl methyl sites for hydroxylation is 1. The van der Waals surface area contributed by atoms with E-state index in [4.69, 9.17) is 9.15 Å². The molecular formula is C18H18N2O3. The fraction of sp³-hybridized carbons (Fsp3) is 0.222. The van der Waals surface area contributed by atoms with Gasteiger partial charge in [-0.2, -0.15) is 0 Å². The molecule has 1 aliphatic rings. The highest BCUT2D eigenvalue weighted by Crippen LogP contribution is 2.17. The lowest BCUT2D eigenvalue weighted by Crippen LogP contribution is -2.24. The number of hydrogen-bond donors (Lipinski definition) is 1. The summed E-state index contributed by atoms with van der Waals surface area (Å²) in [5.74, 6) is 2.19. The smallest absolute Gasteiger partial charge is 0.275 e. The van der Waals surface area contributed by atoms with Crippen molar-refractivity contribution >= 4 is 17.8 Å². The topological polar surface area (TPSA) is 63.8 Å². The molecule has 5 nitrogen and oxygen atoms in total. The lowest BCUT2D eigenvalue weighted by molar-refractivity contribution is -0.115. The molecular weight excluding hydrogens is 292 g/mol. The Morgan fingerprint density at radius 1 is 1.22 bits per heavy atom. The van der Waals surface area contributed by atoms with Crippen LogP contribution in [0.3, 0.4) is 0 Å². The zero-order valence-corrected chi connectivity index (χ0v) is 12.9. The van der Waals surface area contributed by atoms with Crippen LogP contribution < -0.4 is 10.1 Å². The molecule has 1 aromatic carbocycles. The molecule has 1 aliphatic heterocycles. The summed E-state index contributed by atoms with van der Waals surface area (Å²) in [5, 5.41) is 2.79. The fourth-order valence-electron chi connectivity index (χ4n) is 2.32. The molecule has 3 rings (SSSR count). The molecule has 0 saturated carbocycles. The van der Waals surface area contributed by atoms with E-state index in [1.54, 1.807) is 12.3 Å². The van der Waals surface area contributed by atoms with E-state index in [-0.39, 0.29) is 5.91 Å². The van der Waals surface area contributed by atoms with E-state index in [2.05, 4.69) is 10.3 Å². The number of hydrogen-bond acceptors (Lipinski definition) is 4. The Morgan fingerprint density at radius 3 is 2.74 bits per heavy atom. The predicted octanol–water partition coefficient (Wildman–Crippen LogP) is 3.18. The van der Waals surface area contributed by atoms with Crippen molar-refractivity contribution in [3.63, 3.8) is 0 Å². The van der Waals surface area contributed by atoms with Gasteiger partial charge >= 0.3 is 0 Å². The molecule has 0 unspecified atom stereocenters. The van der Waals surface area contributed by atoms with E-state index < -0.39 is 0 Å². The molecule has 0 bridgehead atoms. The molecule has 0 radical (unpaired) electrons. The van der Waals surface area contributed by atoms with E-state index >= 15 is 0 Å². The van der Waals surface area contributed by atoms with Crippen LogP contribution in [-0.4, -0.2) is 18.3 Å². The van der Waals surface area contributed by atoms with Crippen molar-refractivity contribution in [3.05, 3.63) is 59.7 Å². The predicted molar refractivity (Wildman–Crippen MR) is 88.2 cm³/mol. The number of nitrogens with one attached hydrogen (secondary N) is 1.